The van der Waals surface area contributed by atoms with Crippen molar-refractivity contribution in [1.29, 1.82) is 0 Å². The highest BCUT2D eigenvalue weighted by molar-refractivity contribution is 4.80. The van der Waals surface area contributed by atoms with Crippen LogP contribution in [0.5, 0.6) is 0 Å². The van der Waals surface area contributed by atoms with Crippen LogP contribution in [0.15, 0.2) is 0 Å². The van der Waals surface area contributed by atoms with Gasteiger partial charge in [-0.15, -0.1) is 0 Å². The molecule has 1 aliphatic heterocycles. The van der Waals surface area contributed by atoms with Crippen molar-refractivity contribution in [1.82, 2.24) is 10.2 Å². The van der Waals surface area contributed by atoms with Crippen molar-refractivity contribution in [2.45, 2.75) is 45.6 Å². The lowest BCUT2D eigenvalue weighted by Crippen LogP contribution is -2.45. The molecular weight excluding hydrogens is 200 g/mol. The Balaban J connectivity index is 2.25. The maximum absolute atomic E-state index is 8.85. The Morgan fingerprint density at radius 2 is 2.31 bits per heavy atom. The zero-order valence-electron chi connectivity index (χ0n) is 10.9. The monoisotopic (exact) mass is 228 g/mol. The quantitative estimate of drug-likeness (QED) is 0.692. The predicted molar refractivity (Wildman–Crippen MR) is 68.6 cm³/mol. The van der Waals surface area contributed by atoms with E-state index in [0.717, 1.165) is 25.4 Å². The molecule has 3 nitrogen and oxygen atoms in total. The van der Waals surface area contributed by atoms with Crippen molar-refractivity contribution >= 4 is 0 Å². The molecule has 16 heavy (non-hydrogen) atoms. The first-order valence-corrected chi connectivity index (χ1v) is 6.84. The molecule has 1 heterocycles. The lowest BCUT2D eigenvalue weighted by Gasteiger charge is -2.36. The van der Waals surface area contributed by atoms with E-state index in [-0.39, 0.29) is 0 Å². The normalized spacial score (nSPS) is 24.6. The van der Waals surface area contributed by atoms with E-state index in [1.165, 1.54) is 32.4 Å². The van der Waals surface area contributed by atoms with Crippen LogP contribution in [0.2, 0.25) is 0 Å². The topological polar surface area (TPSA) is 35.5 Å². The highest BCUT2D eigenvalue weighted by Crippen LogP contribution is 2.19. The fourth-order valence-electron chi connectivity index (χ4n) is 2.54. The molecule has 1 aliphatic rings. The first-order chi connectivity index (χ1) is 7.77. The van der Waals surface area contributed by atoms with Gasteiger partial charge >= 0.3 is 0 Å². The van der Waals surface area contributed by atoms with E-state index in [0.29, 0.717) is 12.6 Å². The number of piperidine rings is 1. The summed E-state index contributed by atoms with van der Waals surface area (Å²) in [5.74, 6) is 0.791. The third-order valence-electron chi connectivity index (χ3n) is 3.60. The van der Waals surface area contributed by atoms with Gasteiger partial charge in [0.15, 0.2) is 0 Å². The molecule has 3 heteroatoms. The fourth-order valence-corrected chi connectivity index (χ4v) is 2.54. The minimum atomic E-state index is 0.324. The lowest BCUT2D eigenvalue weighted by molar-refractivity contribution is 0.140. The predicted octanol–water partition coefficient (Wildman–Crippen LogP) is 1.47. The summed E-state index contributed by atoms with van der Waals surface area (Å²) >= 11 is 0. The van der Waals surface area contributed by atoms with E-state index in [2.05, 4.69) is 24.1 Å². The van der Waals surface area contributed by atoms with Crippen LogP contribution < -0.4 is 5.32 Å². The highest BCUT2D eigenvalue weighted by atomic mass is 16.3. The maximum atomic E-state index is 8.85. The van der Waals surface area contributed by atoms with Crippen molar-refractivity contribution in [3.05, 3.63) is 0 Å². The Kier molecular flexibility index (Phi) is 7.01. The first-order valence-electron chi connectivity index (χ1n) is 6.84. The Hall–Kier alpha value is -0.120. The average Bonchev–Trinajstić information content (AvgIpc) is 2.33. The highest BCUT2D eigenvalue weighted by Gasteiger charge is 2.23. The van der Waals surface area contributed by atoms with Crippen molar-refractivity contribution in [3.8, 4) is 0 Å². The molecule has 1 fully saturated rings. The van der Waals surface area contributed by atoms with Gasteiger partial charge in [-0.25, -0.2) is 0 Å². The fraction of sp³-hybridized carbons (Fsp3) is 1.00. The molecule has 1 saturated heterocycles. The van der Waals surface area contributed by atoms with Crippen molar-refractivity contribution in [3.63, 3.8) is 0 Å². The number of aliphatic hydroxyl groups excluding tert-OH is 1. The molecule has 2 atom stereocenters. The largest absolute Gasteiger partial charge is 0.396 e. The molecule has 0 aliphatic carbocycles. The van der Waals surface area contributed by atoms with Crippen LogP contribution in [0.1, 0.15) is 39.5 Å². The summed E-state index contributed by atoms with van der Waals surface area (Å²) in [6.07, 6.45) is 4.80. The van der Waals surface area contributed by atoms with Crippen LogP contribution in [0, 0.1) is 5.92 Å². The molecule has 1 rings (SSSR count). The van der Waals surface area contributed by atoms with E-state index < -0.39 is 0 Å². The summed E-state index contributed by atoms with van der Waals surface area (Å²) in [6, 6.07) is 0.636. The van der Waals surface area contributed by atoms with Gasteiger partial charge in [0.05, 0.1) is 0 Å². The molecule has 0 spiro atoms. The zero-order valence-corrected chi connectivity index (χ0v) is 10.9. The van der Waals surface area contributed by atoms with Crippen molar-refractivity contribution in [2.24, 2.45) is 5.92 Å². The molecule has 0 aromatic rings. The van der Waals surface area contributed by atoms with E-state index in [1.807, 2.05) is 0 Å². The number of rotatable bonds is 7. The number of nitrogens with zero attached hydrogens (tertiary/aromatic N) is 1. The molecule has 96 valence electrons. The van der Waals surface area contributed by atoms with Crippen LogP contribution in [0.25, 0.3) is 0 Å². The van der Waals surface area contributed by atoms with Crippen LogP contribution >= 0.6 is 0 Å². The molecule has 2 unspecified atom stereocenters. The average molecular weight is 228 g/mol. The van der Waals surface area contributed by atoms with Crippen LogP contribution in [0.4, 0.5) is 0 Å². The molecule has 0 aromatic heterocycles. The summed E-state index contributed by atoms with van der Waals surface area (Å²) in [7, 11) is 0. The molecule has 0 amide bonds. The summed E-state index contributed by atoms with van der Waals surface area (Å²) in [4.78, 5) is 2.51. The third kappa shape index (κ3) is 4.81. The van der Waals surface area contributed by atoms with Gasteiger partial charge in [-0.2, -0.15) is 0 Å². The minimum absolute atomic E-state index is 0.324. The van der Waals surface area contributed by atoms with Gasteiger partial charge in [0.1, 0.15) is 0 Å². The second kappa shape index (κ2) is 8.04. The van der Waals surface area contributed by atoms with Crippen molar-refractivity contribution < 1.29 is 5.11 Å². The number of aliphatic hydroxyl groups is 1. The summed E-state index contributed by atoms with van der Waals surface area (Å²) in [6.45, 7) is 9.48. The zero-order chi connectivity index (χ0) is 11.8. The van der Waals surface area contributed by atoms with E-state index in [1.54, 1.807) is 0 Å². The number of likely N-dealkylation sites (tertiary alicyclic amines) is 1. The standard InChI is InChI=1S/C13H28N2O/c1-3-7-14-12(2)13-6-4-8-15(11-13)9-5-10-16/h12-14,16H,3-11H2,1-2H3. The summed E-state index contributed by atoms with van der Waals surface area (Å²) < 4.78 is 0. The van der Waals surface area contributed by atoms with Gasteiger partial charge in [-0.1, -0.05) is 6.92 Å². The molecular formula is C13H28N2O. The Bertz CT molecular complexity index is 169. The van der Waals surface area contributed by atoms with Gasteiger partial charge in [0.25, 0.3) is 0 Å². The van der Waals surface area contributed by atoms with Gasteiger partial charge in [-0.05, 0) is 51.6 Å². The molecule has 0 radical (unpaired) electrons. The van der Waals surface area contributed by atoms with E-state index >= 15 is 0 Å². The Labute approximate surface area is 100 Å². The number of nitrogens with one attached hydrogen (secondary N) is 1. The second-order valence-electron chi connectivity index (χ2n) is 5.02. The van der Waals surface area contributed by atoms with E-state index in [4.69, 9.17) is 5.11 Å². The molecule has 0 bridgehead atoms. The second-order valence-corrected chi connectivity index (χ2v) is 5.02. The molecule has 2 N–H and O–H groups in total. The third-order valence-corrected chi connectivity index (χ3v) is 3.60. The molecule has 0 aromatic carbocycles. The van der Waals surface area contributed by atoms with E-state index in [9.17, 15) is 0 Å². The molecule has 0 saturated carbocycles. The van der Waals surface area contributed by atoms with Gasteiger partial charge in [-0.3, -0.25) is 0 Å². The lowest BCUT2D eigenvalue weighted by atomic mass is 9.91. The number of hydrogen-bond acceptors (Lipinski definition) is 3. The summed E-state index contributed by atoms with van der Waals surface area (Å²) in [5, 5.41) is 12.5. The first kappa shape index (κ1) is 13.9. The smallest absolute Gasteiger partial charge is 0.0443 e. The van der Waals surface area contributed by atoms with Crippen LogP contribution in [-0.2, 0) is 0 Å². The van der Waals surface area contributed by atoms with Gasteiger partial charge < -0.3 is 15.3 Å². The van der Waals surface area contributed by atoms with Crippen LogP contribution in [0.3, 0.4) is 0 Å². The maximum Gasteiger partial charge on any atom is 0.0443 e. The van der Waals surface area contributed by atoms with Crippen LogP contribution in [-0.4, -0.2) is 48.8 Å². The minimum Gasteiger partial charge on any atom is -0.396 e. The number of hydrogen-bond donors (Lipinski definition) is 2. The Morgan fingerprint density at radius 1 is 1.50 bits per heavy atom. The van der Waals surface area contributed by atoms with Gasteiger partial charge in [0, 0.05) is 25.7 Å². The van der Waals surface area contributed by atoms with Gasteiger partial charge in [0.2, 0.25) is 0 Å². The Morgan fingerprint density at radius 3 is 3.00 bits per heavy atom. The van der Waals surface area contributed by atoms with Crippen molar-refractivity contribution in [2.75, 3.05) is 32.8 Å². The summed E-state index contributed by atoms with van der Waals surface area (Å²) in [5.41, 5.74) is 0. The SMILES string of the molecule is CCCNC(C)C1CCCN(CCCO)C1.